The normalized spacial score (nSPS) is 10.6. The van der Waals surface area contributed by atoms with E-state index in [4.69, 9.17) is 16.3 Å². The number of rotatable bonds is 4. The maximum Gasteiger partial charge on any atom is 0.330 e. The van der Waals surface area contributed by atoms with E-state index in [9.17, 15) is 14.9 Å². The van der Waals surface area contributed by atoms with Crippen LogP contribution in [-0.2, 0) is 9.53 Å². The number of nitrogens with zero attached hydrogens (tertiary/aromatic N) is 2. The van der Waals surface area contributed by atoms with Crippen molar-refractivity contribution in [1.29, 1.82) is 0 Å². The number of nitro groups is 1. The Hall–Kier alpha value is -1.95. The van der Waals surface area contributed by atoms with Gasteiger partial charge in [0, 0.05) is 23.4 Å². The molecule has 96 valence electrons. The molecule has 1 heterocycles. The first kappa shape index (κ1) is 14.1. The van der Waals surface area contributed by atoms with Crippen LogP contribution in [0.1, 0.15) is 18.2 Å². The molecular weight excluding hydrogens is 260 g/mol. The van der Waals surface area contributed by atoms with E-state index in [0.717, 1.165) is 0 Å². The summed E-state index contributed by atoms with van der Waals surface area (Å²) in [7, 11) is 0. The molecule has 1 aromatic heterocycles. The van der Waals surface area contributed by atoms with Crippen LogP contribution in [-0.4, -0.2) is 22.5 Å². The van der Waals surface area contributed by atoms with Crippen molar-refractivity contribution in [2.24, 2.45) is 0 Å². The van der Waals surface area contributed by atoms with Crippen LogP contribution < -0.4 is 0 Å². The summed E-state index contributed by atoms with van der Waals surface area (Å²) in [5.74, 6) is -0.519. The molecule has 0 spiro atoms. The Balaban J connectivity index is 3.06. The molecule has 0 aliphatic rings. The molecule has 6 nitrogen and oxygen atoms in total. The summed E-state index contributed by atoms with van der Waals surface area (Å²) in [6, 6.07) is 1.26. The minimum absolute atomic E-state index is 0.175. The largest absolute Gasteiger partial charge is 0.463 e. The number of hydrogen-bond acceptors (Lipinski definition) is 5. The lowest BCUT2D eigenvalue weighted by Crippen LogP contribution is -1.99. The lowest BCUT2D eigenvalue weighted by Gasteiger charge is -2.01. The molecular formula is C11H11ClN2O4. The number of pyridine rings is 1. The third-order valence-electron chi connectivity index (χ3n) is 2.07. The van der Waals surface area contributed by atoms with Gasteiger partial charge in [0.1, 0.15) is 0 Å². The summed E-state index contributed by atoms with van der Waals surface area (Å²) in [6.45, 7) is 3.59. The molecule has 0 radical (unpaired) electrons. The van der Waals surface area contributed by atoms with Gasteiger partial charge in [-0.1, -0.05) is 11.6 Å². The van der Waals surface area contributed by atoms with Crippen molar-refractivity contribution in [3.8, 4) is 0 Å². The molecule has 0 fully saturated rings. The van der Waals surface area contributed by atoms with Gasteiger partial charge >= 0.3 is 11.7 Å². The smallest absolute Gasteiger partial charge is 0.330 e. The summed E-state index contributed by atoms with van der Waals surface area (Å²) in [5, 5.41) is 10.5. The van der Waals surface area contributed by atoms with Crippen LogP contribution in [0.5, 0.6) is 0 Å². The van der Waals surface area contributed by atoms with Crippen LogP contribution in [0.2, 0.25) is 5.15 Å². The van der Waals surface area contributed by atoms with E-state index in [1.807, 2.05) is 0 Å². The summed E-state index contributed by atoms with van der Waals surface area (Å²) in [5.41, 5.74) is 0.635. The van der Waals surface area contributed by atoms with Crippen molar-refractivity contribution in [3.63, 3.8) is 0 Å². The Morgan fingerprint density at radius 3 is 2.89 bits per heavy atom. The maximum absolute atomic E-state index is 11.1. The standard InChI is InChI=1S/C11H11ClN2O4/c1-3-18-10(15)5-4-8-6-9(14(16)17)11(12)13-7(8)2/h4-6H,3H2,1-2H3. The van der Waals surface area contributed by atoms with Crippen molar-refractivity contribution < 1.29 is 14.5 Å². The topological polar surface area (TPSA) is 82.3 Å². The summed E-state index contributed by atoms with van der Waals surface area (Å²) in [6.07, 6.45) is 2.59. The Morgan fingerprint density at radius 1 is 1.67 bits per heavy atom. The van der Waals surface area contributed by atoms with E-state index < -0.39 is 10.9 Å². The first-order valence-electron chi connectivity index (χ1n) is 5.12. The Bertz CT molecular complexity index is 514. The Kier molecular flexibility index (Phi) is 4.79. The van der Waals surface area contributed by atoms with E-state index >= 15 is 0 Å². The highest BCUT2D eigenvalue weighted by molar-refractivity contribution is 6.31. The fourth-order valence-electron chi connectivity index (χ4n) is 1.23. The third kappa shape index (κ3) is 3.53. The quantitative estimate of drug-likeness (QED) is 0.276. The molecule has 1 rings (SSSR count). The fraction of sp³-hybridized carbons (Fsp3) is 0.273. The van der Waals surface area contributed by atoms with Crippen LogP contribution in [0.25, 0.3) is 6.08 Å². The highest BCUT2D eigenvalue weighted by Gasteiger charge is 2.15. The van der Waals surface area contributed by atoms with E-state index in [0.29, 0.717) is 11.3 Å². The Labute approximate surface area is 108 Å². The number of carbonyl (C=O) groups excluding carboxylic acids is 1. The number of hydrogen-bond donors (Lipinski definition) is 0. The van der Waals surface area contributed by atoms with Gasteiger partial charge in [-0.2, -0.15) is 0 Å². The van der Waals surface area contributed by atoms with E-state index in [2.05, 4.69) is 4.98 Å². The zero-order valence-electron chi connectivity index (χ0n) is 9.84. The van der Waals surface area contributed by atoms with Gasteiger partial charge in [0.15, 0.2) is 0 Å². The predicted molar refractivity (Wildman–Crippen MR) is 66.3 cm³/mol. The van der Waals surface area contributed by atoms with E-state index in [-0.39, 0.29) is 17.4 Å². The molecule has 1 aromatic rings. The number of carbonyl (C=O) groups is 1. The highest BCUT2D eigenvalue weighted by atomic mass is 35.5. The SMILES string of the molecule is CCOC(=O)C=Cc1cc([N+](=O)[O-])c(Cl)nc1C. The summed E-state index contributed by atoms with van der Waals surface area (Å²) < 4.78 is 4.70. The molecule has 0 saturated carbocycles. The van der Waals surface area contributed by atoms with Gasteiger partial charge in [0.2, 0.25) is 5.15 Å². The van der Waals surface area contributed by atoms with Gasteiger partial charge in [-0.15, -0.1) is 0 Å². The molecule has 0 aromatic carbocycles. The molecule has 0 atom stereocenters. The van der Waals surface area contributed by atoms with E-state index in [1.165, 1.54) is 18.2 Å². The molecule has 0 saturated heterocycles. The summed E-state index contributed by atoms with van der Waals surface area (Å²) >= 11 is 5.64. The van der Waals surface area contributed by atoms with Gasteiger partial charge in [-0.3, -0.25) is 10.1 Å². The number of ether oxygens (including phenoxy) is 1. The van der Waals surface area contributed by atoms with Crippen LogP contribution >= 0.6 is 11.6 Å². The van der Waals surface area contributed by atoms with Crippen LogP contribution in [0.4, 0.5) is 5.69 Å². The minimum Gasteiger partial charge on any atom is -0.463 e. The molecule has 0 aliphatic heterocycles. The number of aryl methyl sites for hydroxylation is 1. The van der Waals surface area contributed by atoms with Gasteiger partial charge < -0.3 is 4.74 Å². The first-order valence-corrected chi connectivity index (χ1v) is 5.49. The monoisotopic (exact) mass is 270 g/mol. The van der Waals surface area contributed by atoms with Crippen molar-refractivity contribution >= 4 is 29.3 Å². The molecule has 0 unspecified atom stereocenters. The zero-order valence-corrected chi connectivity index (χ0v) is 10.6. The van der Waals surface area contributed by atoms with Gasteiger partial charge in [0.05, 0.1) is 11.5 Å². The first-order chi connectivity index (χ1) is 8.45. The second-order valence-electron chi connectivity index (χ2n) is 3.32. The summed E-state index contributed by atoms with van der Waals surface area (Å²) in [4.78, 5) is 25.0. The van der Waals surface area contributed by atoms with Crippen molar-refractivity contribution in [3.05, 3.63) is 38.7 Å². The third-order valence-corrected chi connectivity index (χ3v) is 2.35. The molecule has 0 amide bonds. The van der Waals surface area contributed by atoms with Crippen molar-refractivity contribution in [2.75, 3.05) is 6.61 Å². The van der Waals surface area contributed by atoms with Gasteiger partial charge in [-0.25, -0.2) is 9.78 Å². The number of aromatic nitrogens is 1. The molecule has 7 heteroatoms. The number of esters is 1. The lowest BCUT2D eigenvalue weighted by atomic mass is 10.2. The fourth-order valence-corrected chi connectivity index (χ4v) is 1.48. The maximum atomic E-state index is 11.1. The van der Waals surface area contributed by atoms with Crippen LogP contribution in [0, 0.1) is 17.0 Å². The predicted octanol–water partition coefficient (Wildman–Crippen LogP) is 2.53. The van der Waals surface area contributed by atoms with Crippen LogP contribution in [0.3, 0.4) is 0 Å². The molecule has 0 aliphatic carbocycles. The van der Waals surface area contributed by atoms with Gasteiger partial charge in [0.25, 0.3) is 0 Å². The number of halogens is 1. The average molecular weight is 271 g/mol. The Morgan fingerprint density at radius 2 is 2.33 bits per heavy atom. The van der Waals surface area contributed by atoms with E-state index in [1.54, 1.807) is 13.8 Å². The zero-order chi connectivity index (χ0) is 13.7. The van der Waals surface area contributed by atoms with Gasteiger partial charge in [-0.05, 0) is 19.9 Å². The average Bonchev–Trinajstić information content (AvgIpc) is 2.27. The highest BCUT2D eigenvalue weighted by Crippen LogP contribution is 2.25. The second kappa shape index (κ2) is 6.11. The minimum atomic E-state index is -0.628. The van der Waals surface area contributed by atoms with Crippen molar-refractivity contribution in [1.82, 2.24) is 4.98 Å². The lowest BCUT2D eigenvalue weighted by molar-refractivity contribution is -0.385. The second-order valence-corrected chi connectivity index (χ2v) is 3.67. The van der Waals surface area contributed by atoms with Crippen molar-refractivity contribution in [2.45, 2.75) is 13.8 Å². The molecule has 18 heavy (non-hydrogen) atoms. The molecule has 0 bridgehead atoms. The molecule has 0 N–H and O–H groups in total. The van der Waals surface area contributed by atoms with Crippen LogP contribution in [0.15, 0.2) is 12.1 Å².